The first kappa shape index (κ1) is 14.5. The second kappa shape index (κ2) is 7.73. The van der Waals surface area contributed by atoms with Gasteiger partial charge < -0.3 is 14.5 Å². The fourth-order valence-electron chi connectivity index (χ4n) is 1.11. The predicted molar refractivity (Wildman–Crippen MR) is 62.1 cm³/mol. The first-order valence-electron chi connectivity index (χ1n) is 5.33. The molecular formula is C11H20N2O3. The molecule has 5 nitrogen and oxygen atoms in total. The van der Waals surface area contributed by atoms with E-state index in [-0.39, 0.29) is 12.6 Å². The van der Waals surface area contributed by atoms with Gasteiger partial charge in [0.1, 0.15) is 6.54 Å². The second-order valence-electron chi connectivity index (χ2n) is 3.27. The van der Waals surface area contributed by atoms with Gasteiger partial charge in [0.2, 0.25) is 0 Å². The van der Waals surface area contributed by atoms with Crippen molar-refractivity contribution < 1.29 is 14.3 Å². The van der Waals surface area contributed by atoms with Crippen molar-refractivity contribution in [2.75, 3.05) is 33.3 Å². The summed E-state index contributed by atoms with van der Waals surface area (Å²) < 4.78 is 4.80. The molecular weight excluding hydrogens is 208 g/mol. The molecule has 0 aliphatic rings. The molecule has 0 aromatic rings. The third-order valence-corrected chi connectivity index (χ3v) is 2.05. The monoisotopic (exact) mass is 228 g/mol. The second-order valence-corrected chi connectivity index (χ2v) is 3.27. The van der Waals surface area contributed by atoms with Crippen LogP contribution in [-0.2, 0) is 9.53 Å². The van der Waals surface area contributed by atoms with E-state index in [9.17, 15) is 9.59 Å². The average Bonchev–Trinajstić information content (AvgIpc) is 2.26. The van der Waals surface area contributed by atoms with Crippen LogP contribution in [0, 0.1) is 0 Å². The molecule has 5 heteroatoms. The largest absolute Gasteiger partial charge is 0.465 e. The lowest BCUT2D eigenvalue weighted by atomic mass is 10.4. The Bertz CT molecular complexity index is 254. The minimum atomic E-state index is -0.401. The number of esters is 1. The number of nitrogens with zero attached hydrogens (tertiary/aromatic N) is 2. The molecule has 0 N–H and O–H groups in total. The van der Waals surface area contributed by atoms with Crippen molar-refractivity contribution >= 4 is 12.0 Å². The predicted octanol–water partition coefficient (Wildman–Crippen LogP) is 1.11. The molecule has 0 unspecified atom stereocenters. The molecule has 0 atom stereocenters. The van der Waals surface area contributed by atoms with Gasteiger partial charge in [-0.2, -0.15) is 0 Å². The Morgan fingerprint density at radius 3 is 2.44 bits per heavy atom. The van der Waals surface area contributed by atoms with Gasteiger partial charge in [0.15, 0.2) is 0 Å². The van der Waals surface area contributed by atoms with Gasteiger partial charge in [-0.15, -0.1) is 6.58 Å². The van der Waals surface area contributed by atoms with E-state index >= 15 is 0 Å². The SMILES string of the molecule is C=CCN(CC(=O)OCC)C(=O)N(C)CC. The van der Waals surface area contributed by atoms with Crippen molar-refractivity contribution in [3.63, 3.8) is 0 Å². The molecule has 0 aromatic carbocycles. The number of carbonyl (C=O) groups is 2. The Balaban J connectivity index is 4.42. The van der Waals surface area contributed by atoms with Gasteiger partial charge in [-0.25, -0.2) is 4.79 Å². The first-order chi connectivity index (χ1) is 7.56. The lowest BCUT2D eigenvalue weighted by Crippen LogP contribution is -2.44. The van der Waals surface area contributed by atoms with Crippen LogP contribution in [0.1, 0.15) is 13.8 Å². The number of rotatable bonds is 6. The highest BCUT2D eigenvalue weighted by atomic mass is 16.5. The molecule has 0 radical (unpaired) electrons. The van der Waals surface area contributed by atoms with Crippen LogP contribution in [0.15, 0.2) is 12.7 Å². The Kier molecular flexibility index (Phi) is 7.00. The smallest absolute Gasteiger partial charge is 0.325 e. The highest BCUT2D eigenvalue weighted by molar-refractivity contribution is 5.81. The standard InChI is InChI=1S/C11H20N2O3/c1-5-8-13(9-10(14)16-7-3)11(15)12(4)6-2/h5H,1,6-9H2,2-4H3. The minimum absolute atomic E-state index is 0.0387. The molecule has 92 valence electrons. The van der Waals surface area contributed by atoms with Gasteiger partial charge in [-0.3, -0.25) is 4.79 Å². The minimum Gasteiger partial charge on any atom is -0.465 e. The molecule has 0 aromatic heterocycles. The lowest BCUT2D eigenvalue weighted by Gasteiger charge is -2.25. The summed E-state index contributed by atoms with van der Waals surface area (Å²) >= 11 is 0. The molecule has 16 heavy (non-hydrogen) atoms. The summed E-state index contributed by atoms with van der Waals surface area (Å²) in [6.07, 6.45) is 1.58. The molecule has 0 heterocycles. The summed E-state index contributed by atoms with van der Waals surface area (Å²) in [6, 6.07) is -0.199. The highest BCUT2D eigenvalue weighted by Crippen LogP contribution is 1.98. The lowest BCUT2D eigenvalue weighted by molar-refractivity contribution is -0.143. The summed E-state index contributed by atoms with van der Waals surface area (Å²) in [4.78, 5) is 26.0. The molecule has 0 saturated carbocycles. The Labute approximate surface area is 96.7 Å². The van der Waals surface area contributed by atoms with Crippen LogP contribution in [0.5, 0.6) is 0 Å². The fraction of sp³-hybridized carbons (Fsp3) is 0.636. The Morgan fingerprint density at radius 2 is 2.00 bits per heavy atom. The molecule has 2 amide bonds. The third-order valence-electron chi connectivity index (χ3n) is 2.05. The van der Waals surface area contributed by atoms with E-state index in [1.54, 1.807) is 20.0 Å². The average molecular weight is 228 g/mol. The highest BCUT2D eigenvalue weighted by Gasteiger charge is 2.18. The van der Waals surface area contributed by atoms with Gasteiger partial charge in [-0.05, 0) is 13.8 Å². The quantitative estimate of drug-likeness (QED) is 0.505. The number of ether oxygens (including phenoxy) is 1. The van der Waals surface area contributed by atoms with Crippen LogP contribution in [0.25, 0.3) is 0 Å². The molecule has 0 bridgehead atoms. The van der Waals surface area contributed by atoms with Crippen molar-refractivity contribution in [2.24, 2.45) is 0 Å². The Morgan fingerprint density at radius 1 is 1.38 bits per heavy atom. The van der Waals surface area contributed by atoms with Crippen LogP contribution in [0.4, 0.5) is 4.79 Å². The maximum absolute atomic E-state index is 11.8. The zero-order valence-electron chi connectivity index (χ0n) is 10.2. The number of carbonyl (C=O) groups excluding carboxylic acids is 2. The zero-order valence-corrected chi connectivity index (χ0v) is 10.2. The summed E-state index contributed by atoms with van der Waals surface area (Å²) in [7, 11) is 1.68. The molecule has 0 saturated heterocycles. The van der Waals surface area contributed by atoms with Crippen LogP contribution < -0.4 is 0 Å². The number of hydrogen-bond acceptors (Lipinski definition) is 3. The maximum Gasteiger partial charge on any atom is 0.325 e. The maximum atomic E-state index is 11.8. The van der Waals surface area contributed by atoms with Crippen molar-refractivity contribution in [2.45, 2.75) is 13.8 Å². The fourth-order valence-corrected chi connectivity index (χ4v) is 1.11. The summed E-state index contributed by atoms with van der Waals surface area (Å²) in [5.41, 5.74) is 0. The molecule has 0 aliphatic heterocycles. The summed E-state index contributed by atoms with van der Waals surface area (Å²) in [6.45, 7) is 8.37. The van der Waals surface area contributed by atoms with E-state index < -0.39 is 5.97 Å². The van der Waals surface area contributed by atoms with Crippen molar-refractivity contribution in [3.8, 4) is 0 Å². The van der Waals surface area contributed by atoms with E-state index in [0.717, 1.165) is 0 Å². The van der Waals surface area contributed by atoms with Gasteiger partial charge in [0.05, 0.1) is 6.61 Å². The van der Waals surface area contributed by atoms with E-state index in [1.807, 2.05) is 6.92 Å². The van der Waals surface area contributed by atoms with E-state index in [2.05, 4.69) is 6.58 Å². The van der Waals surface area contributed by atoms with Crippen molar-refractivity contribution in [3.05, 3.63) is 12.7 Å². The van der Waals surface area contributed by atoms with Crippen LogP contribution in [0.2, 0.25) is 0 Å². The van der Waals surface area contributed by atoms with Gasteiger partial charge in [0, 0.05) is 20.1 Å². The first-order valence-corrected chi connectivity index (χ1v) is 5.33. The summed E-state index contributed by atoms with van der Waals surface area (Å²) in [5.74, 6) is -0.401. The van der Waals surface area contributed by atoms with Gasteiger partial charge in [-0.1, -0.05) is 6.08 Å². The van der Waals surface area contributed by atoms with Gasteiger partial charge >= 0.3 is 12.0 Å². The number of amides is 2. The van der Waals surface area contributed by atoms with E-state index in [0.29, 0.717) is 19.7 Å². The van der Waals surface area contributed by atoms with Gasteiger partial charge in [0.25, 0.3) is 0 Å². The summed E-state index contributed by atoms with van der Waals surface area (Å²) in [5, 5.41) is 0. The number of hydrogen-bond donors (Lipinski definition) is 0. The van der Waals surface area contributed by atoms with Crippen molar-refractivity contribution in [1.29, 1.82) is 0 Å². The molecule has 0 spiro atoms. The van der Waals surface area contributed by atoms with Crippen LogP contribution >= 0.6 is 0 Å². The number of urea groups is 1. The van der Waals surface area contributed by atoms with Crippen molar-refractivity contribution in [1.82, 2.24) is 9.80 Å². The Hall–Kier alpha value is -1.52. The van der Waals surface area contributed by atoms with E-state index in [1.165, 1.54) is 9.80 Å². The normalized spacial score (nSPS) is 9.44. The molecule has 0 rings (SSSR count). The molecule has 0 fully saturated rings. The van der Waals surface area contributed by atoms with Crippen LogP contribution in [0.3, 0.4) is 0 Å². The molecule has 0 aliphatic carbocycles. The topological polar surface area (TPSA) is 49.9 Å². The van der Waals surface area contributed by atoms with Crippen LogP contribution in [-0.4, -0.2) is 55.1 Å². The van der Waals surface area contributed by atoms with E-state index in [4.69, 9.17) is 4.74 Å². The third kappa shape index (κ3) is 4.82. The zero-order chi connectivity index (χ0) is 12.6.